The molecule has 0 aromatic heterocycles. The van der Waals surface area contributed by atoms with Crippen molar-refractivity contribution in [1.29, 1.82) is 0 Å². The second kappa shape index (κ2) is 5.29. The molecule has 3 rings (SSSR count). The average Bonchev–Trinajstić information content (AvgIpc) is 2.32. The predicted octanol–water partition coefficient (Wildman–Crippen LogP) is 1.92. The Morgan fingerprint density at radius 1 is 1.11 bits per heavy atom. The molecule has 98 valence electrons. The summed E-state index contributed by atoms with van der Waals surface area (Å²) in [6, 6.07) is 9.07. The fourth-order valence-corrected chi connectivity index (χ4v) is 2.94. The van der Waals surface area contributed by atoms with Gasteiger partial charge in [0.2, 0.25) is 0 Å². The molecule has 2 aliphatic heterocycles. The van der Waals surface area contributed by atoms with E-state index in [1.165, 1.54) is 37.9 Å². The van der Waals surface area contributed by atoms with Crippen molar-refractivity contribution >= 4 is 5.69 Å². The number of anilines is 1. The Hall–Kier alpha value is -1.06. The van der Waals surface area contributed by atoms with Gasteiger partial charge in [0.25, 0.3) is 0 Å². The largest absolute Gasteiger partial charge is 0.399 e. The molecule has 1 aromatic rings. The summed E-state index contributed by atoms with van der Waals surface area (Å²) in [5.74, 6) is 0.839. The van der Waals surface area contributed by atoms with Crippen molar-refractivity contribution < 1.29 is 4.74 Å². The van der Waals surface area contributed by atoms with Crippen LogP contribution >= 0.6 is 0 Å². The summed E-state index contributed by atoms with van der Waals surface area (Å²) in [5.41, 5.74) is 8.00. The van der Waals surface area contributed by atoms with E-state index in [2.05, 4.69) is 17.0 Å². The van der Waals surface area contributed by atoms with Gasteiger partial charge in [-0.15, -0.1) is 0 Å². The highest BCUT2D eigenvalue weighted by Gasteiger charge is 2.29. The molecule has 0 bridgehead atoms. The fraction of sp³-hybridized carbons (Fsp3) is 0.600. The van der Waals surface area contributed by atoms with Gasteiger partial charge < -0.3 is 10.5 Å². The zero-order chi connectivity index (χ0) is 12.4. The molecule has 2 heterocycles. The van der Waals surface area contributed by atoms with Crippen LogP contribution in [0.3, 0.4) is 0 Å². The Balaban J connectivity index is 1.48. The van der Waals surface area contributed by atoms with Crippen molar-refractivity contribution in [2.45, 2.75) is 25.3 Å². The van der Waals surface area contributed by atoms with Crippen molar-refractivity contribution in [2.24, 2.45) is 5.92 Å². The van der Waals surface area contributed by atoms with Gasteiger partial charge >= 0.3 is 0 Å². The lowest BCUT2D eigenvalue weighted by atomic mass is 9.89. The van der Waals surface area contributed by atoms with Gasteiger partial charge in [-0.25, -0.2) is 0 Å². The van der Waals surface area contributed by atoms with E-state index in [-0.39, 0.29) is 0 Å². The lowest BCUT2D eigenvalue weighted by molar-refractivity contribution is -0.0737. The van der Waals surface area contributed by atoms with Crippen LogP contribution in [0.15, 0.2) is 24.3 Å². The average molecular weight is 246 g/mol. The number of hydrogen-bond donors (Lipinski definition) is 1. The van der Waals surface area contributed by atoms with Gasteiger partial charge in [0.05, 0.1) is 19.3 Å². The van der Waals surface area contributed by atoms with E-state index in [0.29, 0.717) is 6.04 Å². The Morgan fingerprint density at radius 3 is 2.33 bits per heavy atom. The van der Waals surface area contributed by atoms with E-state index in [9.17, 15) is 0 Å². The van der Waals surface area contributed by atoms with E-state index in [1.807, 2.05) is 12.1 Å². The molecule has 1 aromatic carbocycles. The van der Waals surface area contributed by atoms with Gasteiger partial charge in [-0.05, 0) is 56.0 Å². The van der Waals surface area contributed by atoms with Gasteiger partial charge in [0.15, 0.2) is 0 Å². The summed E-state index contributed by atoms with van der Waals surface area (Å²) < 4.78 is 5.27. The SMILES string of the molecule is Nc1ccc(CC2CCN(C3COC3)CC2)cc1. The molecule has 0 aliphatic carbocycles. The molecule has 0 atom stereocenters. The molecule has 2 aliphatic rings. The molecule has 0 radical (unpaired) electrons. The Kier molecular flexibility index (Phi) is 3.52. The number of hydrogen-bond acceptors (Lipinski definition) is 3. The molecule has 3 heteroatoms. The van der Waals surface area contributed by atoms with Gasteiger partial charge in [-0.3, -0.25) is 4.90 Å². The third kappa shape index (κ3) is 2.68. The van der Waals surface area contributed by atoms with Crippen LogP contribution in [-0.4, -0.2) is 37.2 Å². The minimum atomic E-state index is 0.711. The number of benzene rings is 1. The van der Waals surface area contributed by atoms with E-state index >= 15 is 0 Å². The van der Waals surface area contributed by atoms with Gasteiger partial charge in [-0.2, -0.15) is 0 Å². The van der Waals surface area contributed by atoms with Crippen molar-refractivity contribution in [3.63, 3.8) is 0 Å². The first-order valence-corrected chi connectivity index (χ1v) is 6.97. The molecule has 0 saturated carbocycles. The van der Waals surface area contributed by atoms with Crippen LogP contribution < -0.4 is 5.73 Å². The molecule has 18 heavy (non-hydrogen) atoms. The van der Waals surface area contributed by atoms with Crippen LogP contribution in [0.4, 0.5) is 5.69 Å². The highest BCUT2D eigenvalue weighted by Crippen LogP contribution is 2.24. The normalized spacial score (nSPS) is 22.9. The zero-order valence-corrected chi connectivity index (χ0v) is 10.8. The lowest BCUT2D eigenvalue weighted by Gasteiger charge is -2.41. The number of nitrogens with zero attached hydrogens (tertiary/aromatic N) is 1. The fourth-order valence-electron chi connectivity index (χ4n) is 2.94. The molecule has 2 N–H and O–H groups in total. The molecule has 3 nitrogen and oxygen atoms in total. The van der Waals surface area contributed by atoms with Crippen molar-refractivity contribution in [3.05, 3.63) is 29.8 Å². The second-order valence-corrected chi connectivity index (χ2v) is 5.62. The minimum Gasteiger partial charge on any atom is -0.399 e. The number of ether oxygens (including phenoxy) is 1. The first-order chi connectivity index (χ1) is 8.81. The third-order valence-electron chi connectivity index (χ3n) is 4.29. The quantitative estimate of drug-likeness (QED) is 0.828. The van der Waals surface area contributed by atoms with Gasteiger partial charge in [-0.1, -0.05) is 12.1 Å². The summed E-state index contributed by atoms with van der Waals surface area (Å²) in [4.78, 5) is 2.60. The smallest absolute Gasteiger partial charge is 0.0645 e. The summed E-state index contributed by atoms with van der Waals surface area (Å²) >= 11 is 0. The zero-order valence-electron chi connectivity index (χ0n) is 10.8. The topological polar surface area (TPSA) is 38.5 Å². The predicted molar refractivity (Wildman–Crippen MR) is 73.5 cm³/mol. The van der Waals surface area contributed by atoms with Gasteiger partial charge in [0, 0.05) is 5.69 Å². The van der Waals surface area contributed by atoms with E-state index in [4.69, 9.17) is 10.5 Å². The van der Waals surface area contributed by atoms with E-state index < -0.39 is 0 Å². The highest BCUT2D eigenvalue weighted by molar-refractivity contribution is 5.39. The van der Waals surface area contributed by atoms with Crippen molar-refractivity contribution in [1.82, 2.24) is 4.90 Å². The minimum absolute atomic E-state index is 0.711. The molecular formula is C15H22N2O. The van der Waals surface area contributed by atoms with Crippen LogP contribution in [0.25, 0.3) is 0 Å². The Labute approximate surface area is 109 Å². The maximum absolute atomic E-state index is 5.71. The third-order valence-corrected chi connectivity index (χ3v) is 4.29. The van der Waals surface area contributed by atoms with E-state index in [1.54, 1.807) is 0 Å². The summed E-state index contributed by atoms with van der Waals surface area (Å²) in [6.07, 6.45) is 3.84. The Morgan fingerprint density at radius 2 is 1.78 bits per heavy atom. The number of rotatable bonds is 3. The van der Waals surface area contributed by atoms with Crippen LogP contribution in [0.5, 0.6) is 0 Å². The van der Waals surface area contributed by atoms with E-state index in [0.717, 1.165) is 24.8 Å². The molecule has 0 amide bonds. The molecular weight excluding hydrogens is 224 g/mol. The number of nitrogen functional groups attached to an aromatic ring is 1. The number of likely N-dealkylation sites (tertiary alicyclic amines) is 1. The standard InChI is InChI=1S/C15H22N2O/c16-14-3-1-12(2-4-14)9-13-5-7-17(8-6-13)15-10-18-11-15/h1-4,13,15H,5-11,16H2. The molecule has 0 spiro atoms. The summed E-state index contributed by atoms with van der Waals surface area (Å²) in [6.45, 7) is 4.38. The summed E-state index contributed by atoms with van der Waals surface area (Å²) in [5, 5.41) is 0. The van der Waals surface area contributed by atoms with Crippen LogP contribution in [0.2, 0.25) is 0 Å². The molecule has 0 unspecified atom stereocenters. The van der Waals surface area contributed by atoms with Crippen LogP contribution in [-0.2, 0) is 11.2 Å². The first kappa shape index (κ1) is 12.0. The van der Waals surface area contributed by atoms with Crippen molar-refractivity contribution in [3.8, 4) is 0 Å². The lowest BCUT2D eigenvalue weighted by Crippen LogP contribution is -2.51. The number of piperidine rings is 1. The highest BCUT2D eigenvalue weighted by atomic mass is 16.5. The van der Waals surface area contributed by atoms with Gasteiger partial charge in [0.1, 0.15) is 0 Å². The number of nitrogens with two attached hydrogens (primary N) is 1. The van der Waals surface area contributed by atoms with Crippen molar-refractivity contribution in [2.75, 3.05) is 32.0 Å². The van der Waals surface area contributed by atoms with Crippen LogP contribution in [0.1, 0.15) is 18.4 Å². The summed E-state index contributed by atoms with van der Waals surface area (Å²) in [7, 11) is 0. The maximum atomic E-state index is 5.71. The molecule has 2 saturated heterocycles. The Bertz CT molecular complexity index is 378. The monoisotopic (exact) mass is 246 g/mol. The van der Waals surface area contributed by atoms with Crippen LogP contribution in [0, 0.1) is 5.92 Å². The molecule has 2 fully saturated rings. The second-order valence-electron chi connectivity index (χ2n) is 5.62. The first-order valence-electron chi connectivity index (χ1n) is 6.97. The maximum Gasteiger partial charge on any atom is 0.0645 e.